The average molecular weight is 500 g/mol. The van der Waals surface area contributed by atoms with Crippen molar-refractivity contribution in [1.82, 2.24) is 9.21 Å². The molecule has 3 amide bonds. The fourth-order valence-electron chi connectivity index (χ4n) is 4.10. The summed E-state index contributed by atoms with van der Waals surface area (Å²) >= 11 is 0. The van der Waals surface area contributed by atoms with Gasteiger partial charge < -0.3 is 10.1 Å². The van der Waals surface area contributed by atoms with E-state index in [1.807, 2.05) is 0 Å². The SMILES string of the molecule is Cc1ccc(NC(=O)COC(=O)CN2C(=O)c3ccccc3C2=O)cc1S(=O)(=O)N1CCCCC1. The number of benzene rings is 2. The fourth-order valence-corrected chi connectivity index (χ4v) is 5.87. The summed E-state index contributed by atoms with van der Waals surface area (Å²) in [5.74, 6) is -2.82. The molecular formula is C24H25N3O7S. The molecule has 2 aromatic rings. The largest absolute Gasteiger partial charge is 0.454 e. The number of imide groups is 1. The number of amides is 3. The molecule has 2 aromatic carbocycles. The van der Waals surface area contributed by atoms with Crippen LogP contribution < -0.4 is 5.32 Å². The van der Waals surface area contributed by atoms with Crippen LogP contribution in [0, 0.1) is 6.92 Å². The van der Waals surface area contributed by atoms with Gasteiger partial charge in [0, 0.05) is 18.8 Å². The fraction of sp³-hybridized carbons (Fsp3) is 0.333. The maximum absolute atomic E-state index is 13.0. The first-order valence-electron chi connectivity index (χ1n) is 11.2. The van der Waals surface area contributed by atoms with E-state index in [1.54, 1.807) is 31.2 Å². The second-order valence-corrected chi connectivity index (χ2v) is 10.3. The van der Waals surface area contributed by atoms with E-state index >= 15 is 0 Å². The maximum atomic E-state index is 13.0. The van der Waals surface area contributed by atoms with Crippen LogP contribution in [0.2, 0.25) is 0 Å². The third kappa shape index (κ3) is 5.10. The number of anilines is 1. The van der Waals surface area contributed by atoms with E-state index in [0.29, 0.717) is 18.7 Å². The second-order valence-electron chi connectivity index (χ2n) is 8.40. The summed E-state index contributed by atoms with van der Waals surface area (Å²) in [6, 6.07) is 10.8. The summed E-state index contributed by atoms with van der Waals surface area (Å²) in [5.41, 5.74) is 1.21. The number of nitrogens with zero attached hydrogens (tertiary/aromatic N) is 2. The van der Waals surface area contributed by atoms with Crippen LogP contribution >= 0.6 is 0 Å². The Morgan fingerprint density at radius 3 is 2.23 bits per heavy atom. The Morgan fingerprint density at radius 1 is 0.971 bits per heavy atom. The lowest BCUT2D eigenvalue weighted by Gasteiger charge is -2.26. The Balaban J connectivity index is 1.34. The molecule has 0 radical (unpaired) electrons. The number of hydrogen-bond acceptors (Lipinski definition) is 7. The molecule has 35 heavy (non-hydrogen) atoms. The molecule has 1 saturated heterocycles. The number of esters is 1. The summed E-state index contributed by atoms with van der Waals surface area (Å²) in [4.78, 5) is 50.0. The van der Waals surface area contributed by atoms with Crippen molar-refractivity contribution in [3.63, 3.8) is 0 Å². The van der Waals surface area contributed by atoms with Gasteiger partial charge in [0.1, 0.15) is 6.54 Å². The smallest absolute Gasteiger partial charge is 0.326 e. The molecule has 0 unspecified atom stereocenters. The van der Waals surface area contributed by atoms with Gasteiger partial charge in [-0.15, -0.1) is 0 Å². The molecule has 0 saturated carbocycles. The van der Waals surface area contributed by atoms with Crippen molar-refractivity contribution in [1.29, 1.82) is 0 Å². The lowest BCUT2D eigenvalue weighted by atomic mass is 10.1. The molecule has 0 aromatic heterocycles. The van der Waals surface area contributed by atoms with Gasteiger partial charge in [0.15, 0.2) is 6.61 Å². The molecular weight excluding hydrogens is 474 g/mol. The zero-order valence-electron chi connectivity index (χ0n) is 19.2. The van der Waals surface area contributed by atoms with E-state index in [4.69, 9.17) is 4.74 Å². The molecule has 10 nitrogen and oxygen atoms in total. The summed E-state index contributed by atoms with van der Waals surface area (Å²) in [6.07, 6.45) is 2.61. The summed E-state index contributed by atoms with van der Waals surface area (Å²) in [7, 11) is -3.70. The van der Waals surface area contributed by atoms with Crippen molar-refractivity contribution in [2.45, 2.75) is 31.1 Å². The van der Waals surface area contributed by atoms with Gasteiger partial charge in [-0.3, -0.25) is 24.1 Å². The highest BCUT2D eigenvalue weighted by Crippen LogP contribution is 2.26. The van der Waals surface area contributed by atoms with Crippen molar-refractivity contribution in [2.75, 3.05) is 31.6 Å². The Morgan fingerprint density at radius 2 is 1.60 bits per heavy atom. The van der Waals surface area contributed by atoms with E-state index < -0.39 is 46.9 Å². The molecule has 1 fully saturated rings. The Labute approximate surface area is 202 Å². The number of carbonyl (C=O) groups excluding carboxylic acids is 4. The molecule has 0 aliphatic carbocycles. The number of nitrogens with one attached hydrogen (secondary N) is 1. The number of carbonyl (C=O) groups is 4. The van der Waals surface area contributed by atoms with E-state index in [2.05, 4.69) is 5.32 Å². The normalized spacial score (nSPS) is 16.2. The van der Waals surface area contributed by atoms with E-state index in [1.165, 1.54) is 22.5 Å². The van der Waals surface area contributed by atoms with Crippen LogP contribution in [-0.4, -0.2) is 67.6 Å². The van der Waals surface area contributed by atoms with Crippen LogP contribution in [0.1, 0.15) is 45.5 Å². The predicted octanol–water partition coefficient (Wildman–Crippen LogP) is 1.95. The van der Waals surface area contributed by atoms with Crippen molar-refractivity contribution in [3.05, 3.63) is 59.2 Å². The van der Waals surface area contributed by atoms with Crippen LogP contribution in [0.25, 0.3) is 0 Å². The van der Waals surface area contributed by atoms with Gasteiger partial charge in [0.25, 0.3) is 17.7 Å². The standard InChI is InChI=1S/C24H25N3O7S/c1-16-9-10-17(13-20(16)35(32,33)26-11-5-2-6-12-26)25-21(28)15-34-22(29)14-27-23(30)18-7-3-4-8-19(18)24(27)31/h3-4,7-10,13H,2,5-6,11-12,14-15H2,1H3,(H,25,28). The summed E-state index contributed by atoms with van der Waals surface area (Å²) in [5, 5.41) is 2.52. The highest BCUT2D eigenvalue weighted by Gasteiger charge is 2.36. The van der Waals surface area contributed by atoms with Gasteiger partial charge in [0.05, 0.1) is 16.0 Å². The average Bonchev–Trinajstić information content (AvgIpc) is 3.09. The van der Waals surface area contributed by atoms with Gasteiger partial charge in [-0.1, -0.05) is 24.6 Å². The number of fused-ring (bicyclic) bond motifs is 1. The summed E-state index contributed by atoms with van der Waals surface area (Å²) in [6.45, 7) is 1.32. The maximum Gasteiger partial charge on any atom is 0.326 e. The van der Waals surface area contributed by atoms with Crippen LogP contribution in [0.3, 0.4) is 0 Å². The highest BCUT2D eigenvalue weighted by molar-refractivity contribution is 7.89. The Hall–Kier alpha value is -3.57. The third-order valence-corrected chi connectivity index (χ3v) is 7.98. The van der Waals surface area contributed by atoms with Crippen LogP contribution in [0.15, 0.2) is 47.4 Å². The minimum Gasteiger partial charge on any atom is -0.454 e. The van der Waals surface area contributed by atoms with Gasteiger partial charge in [-0.2, -0.15) is 4.31 Å². The van der Waals surface area contributed by atoms with Gasteiger partial charge >= 0.3 is 5.97 Å². The second kappa shape index (κ2) is 9.96. The zero-order valence-corrected chi connectivity index (χ0v) is 20.0. The quantitative estimate of drug-likeness (QED) is 0.455. The molecule has 0 atom stereocenters. The molecule has 4 rings (SSSR count). The topological polar surface area (TPSA) is 130 Å². The van der Waals surface area contributed by atoms with Crippen LogP contribution in [0.5, 0.6) is 0 Å². The molecule has 11 heteroatoms. The van der Waals surface area contributed by atoms with Crippen molar-refractivity contribution in [2.24, 2.45) is 0 Å². The van der Waals surface area contributed by atoms with Crippen molar-refractivity contribution >= 4 is 39.4 Å². The Kier molecular flexibility index (Phi) is 6.99. The highest BCUT2D eigenvalue weighted by atomic mass is 32.2. The van der Waals surface area contributed by atoms with E-state index in [0.717, 1.165) is 24.2 Å². The number of aryl methyl sites for hydroxylation is 1. The number of ether oxygens (including phenoxy) is 1. The summed E-state index contributed by atoms with van der Waals surface area (Å²) < 4.78 is 32.5. The monoisotopic (exact) mass is 499 g/mol. The molecule has 2 aliphatic rings. The third-order valence-electron chi connectivity index (χ3n) is 5.93. The lowest BCUT2D eigenvalue weighted by Crippen LogP contribution is -2.36. The first-order chi connectivity index (χ1) is 16.7. The Bertz CT molecular complexity index is 1260. The predicted molar refractivity (Wildman–Crippen MR) is 125 cm³/mol. The first-order valence-corrected chi connectivity index (χ1v) is 12.6. The van der Waals surface area contributed by atoms with Gasteiger partial charge in [0.2, 0.25) is 10.0 Å². The molecule has 2 heterocycles. The molecule has 2 aliphatic heterocycles. The van der Waals surface area contributed by atoms with Crippen LogP contribution in [-0.2, 0) is 24.3 Å². The minimum absolute atomic E-state index is 0.111. The first kappa shape index (κ1) is 24.6. The lowest BCUT2D eigenvalue weighted by molar-refractivity contribution is -0.147. The number of rotatable bonds is 7. The molecule has 1 N–H and O–H groups in total. The van der Waals surface area contributed by atoms with Crippen LogP contribution in [0.4, 0.5) is 5.69 Å². The van der Waals surface area contributed by atoms with Crippen molar-refractivity contribution in [3.8, 4) is 0 Å². The molecule has 184 valence electrons. The van der Waals surface area contributed by atoms with E-state index in [9.17, 15) is 27.6 Å². The number of sulfonamides is 1. The zero-order chi connectivity index (χ0) is 25.2. The van der Waals surface area contributed by atoms with E-state index in [-0.39, 0.29) is 21.7 Å². The number of piperidine rings is 1. The van der Waals surface area contributed by atoms with Crippen molar-refractivity contribution < 1.29 is 32.3 Å². The molecule has 0 spiro atoms. The minimum atomic E-state index is -3.70. The van der Waals surface area contributed by atoms with Gasteiger partial charge in [-0.25, -0.2) is 8.42 Å². The number of hydrogen-bond donors (Lipinski definition) is 1. The molecule has 0 bridgehead atoms. The van der Waals surface area contributed by atoms with Gasteiger partial charge in [-0.05, 0) is 49.6 Å².